The second kappa shape index (κ2) is 9.17. The molecule has 2 aromatic rings. The van der Waals surface area contributed by atoms with Gasteiger partial charge in [0.1, 0.15) is 0 Å². The van der Waals surface area contributed by atoms with Gasteiger partial charge in [0.05, 0.1) is 12.5 Å². The molecule has 2 heterocycles. The van der Waals surface area contributed by atoms with Crippen molar-refractivity contribution in [2.45, 2.75) is 63.2 Å². The molecule has 1 aromatic carbocycles. The van der Waals surface area contributed by atoms with Gasteiger partial charge in [-0.3, -0.25) is 4.79 Å². The van der Waals surface area contributed by atoms with Crippen LogP contribution in [-0.2, 0) is 16.6 Å². The highest BCUT2D eigenvalue weighted by molar-refractivity contribution is 5.65. The molecule has 4 nitrogen and oxygen atoms in total. The van der Waals surface area contributed by atoms with E-state index in [0.29, 0.717) is 5.41 Å². The number of hydrogen-bond donors (Lipinski definition) is 1. The number of nitrogens with zero attached hydrogens (tertiary/aromatic N) is 1. The molecule has 3 aliphatic rings. The lowest BCUT2D eigenvalue weighted by Gasteiger charge is -2.41. The smallest absolute Gasteiger partial charge is 0.290 e. The summed E-state index contributed by atoms with van der Waals surface area (Å²) in [7, 11) is 0. The van der Waals surface area contributed by atoms with Gasteiger partial charge in [0.25, 0.3) is 6.47 Å². The number of piperidine rings is 1. The number of benzene rings is 1. The number of fused-ring (bicyclic) bond motifs is 2. The lowest BCUT2D eigenvalue weighted by molar-refractivity contribution is -0.122. The predicted octanol–water partition coefficient (Wildman–Crippen LogP) is 5.51. The Hall–Kier alpha value is -2.07. The number of carboxylic acid groups (broad SMARTS) is 1. The highest BCUT2D eigenvalue weighted by Gasteiger charge is 2.41. The highest BCUT2D eigenvalue weighted by atomic mass is 16.3. The molecular weight excluding hydrogens is 362 g/mol. The summed E-state index contributed by atoms with van der Waals surface area (Å²) in [6.07, 6.45) is 16.3. The molecule has 0 unspecified atom stereocenters. The van der Waals surface area contributed by atoms with Crippen LogP contribution in [0.15, 0.2) is 41.2 Å². The van der Waals surface area contributed by atoms with Crippen LogP contribution in [0.3, 0.4) is 0 Å². The van der Waals surface area contributed by atoms with Crippen molar-refractivity contribution < 1.29 is 14.3 Å². The molecule has 2 fully saturated rings. The van der Waals surface area contributed by atoms with Crippen LogP contribution in [0, 0.1) is 5.92 Å². The zero-order valence-electron chi connectivity index (χ0n) is 17.3. The first-order valence-corrected chi connectivity index (χ1v) is 11.2. The Labute approximate surface area is 173 Å². The van der Waals surface area contributed by atoms with Crippen molar-refractivity contribution in [3.63, 3.8) is 0 Å². The fraction of sp³-hybridized carbons (Fsp3) is 0.560. The number of carbonyl (C=O) groups is 1. The number of rotatable bonds is 3. The molecule has 0 atom stereocenters. The van der Waals surface area contributed by atoms with Gasteiger partial charge in [-0.1, -0.05) is 37.5 Å². The van der Waals surface area contributed by atoms with Gasteiger partial charge in [0, 0.05) is 12.1 Å². The molecule has 4 heteroatoms. The van der Waals surface area contributed by atoms with Crippen LogP contribution in [0.25, 0.3) is 11.1 Å². The molecule has 1 aliphatic heterocycles. The number of furan rings is 1. The first-order valence-electron chi connectivity index (χ1n) is 11.2. The Morgan fingerprint density at radius 2 is 1.83 bits per heavy atom. The van der Waals surface area contributed by atoms with E-state index in [4.69, 9.17) is 14.3 Å². The van der Waals surface area contributed by atoms with Gasteiger partial charge >= 0.3 is 0 Å². The molecule has 0 radical (unpaired) electrons. The molecule has 0 bridgehead atoms. The van der Waals surface area contributed by atoms with Crippen molar-refractivity contribution in [2.24, 2.45) is 5.92 Å². The van der Waals surface area contributed by atoms with Crippen LogP contribution in [0.5, 0.6) is 0 Å². The van der Waals surface area contributed by atoms with E-state index in [2.05, 4.69) is 29.2 Å². The minimum atomic E-state index is -0.250. The minimum Gasteiger partial charge on any atom is -0.483 e. The lowest BCUT2D eigenvalue weighted by Crippen LogP contribution is -2.43. The minimum absolute atomic E-state index is 0.250. The van der Waals surface area contributed by atoms with Gasteiger partial charge in [0.15, 0.2) is 0 Å². The number of aryl methyl sites for hydroxylation is 1. The SMILES string of the molecule is O=CO.c1cc(-c2ccc3c(c2)C2(CC3)CCN(CC3CCCCC3)CC2)co1. The second-order valence-electron chi connectivity index (χ2n) is 9.07. The van der Waals surface area contributed by atoms with Gasteiger partial charge < -0.3 is 14.4 Å². The second-order valence-corrected chi connectivity index (χ2v) is 9.07. The summed E-state index contributed by atoms with van der Waals surface area (Å²) in [4.78, 5) is 11.1. The molecule has 1 aromatic heterocycles. The topological polar surface area (TPSA) is 53.7 Å². The summed E-state index contributed by atoms with van der Waals surface area (Å²) in [6.45, 7) is 3.70. The van der Waals surface area contributed by atoms with Gasteiger partial charge in [0.2, 0.25) is 0 Å². The van der Waals surface area contributed by atoms with Crippen LogP contribution >= 0.6 is 0 Å². The number of likely N-dealkylation sites (tertiary alicyclic amines) is 1. The quantitative estimate of drug-likeness (QED) is 0.697. The van der Waals surface area contributed by atoms with Crippen LogP contribution in [0.4, 0.5) is 0 Å². The summed E-state index contributed by atoms with van der Waals surface area (Å²) >= 11 is 0. The zero-order valence-corrected chi connectivity index (χ0v) is 17.3. The van der Waals surface area contributed by atoms with Crippen LogP contribution in [0.1, 0.15) is 62.5 Å². The molecule has 1 saturated carbocycles. The monoisotopic (exact) mass is 395 g/mol. The third-order valence-corrected chi connectivity index (χ3v) is 7.46. The fourth-order valence-corrected chi connectivity index (χ4v) is 5.82. The van der Waals surface area contributed by atoms with Crippen molar-refractivity contribution >= 4 is 6.47 Å². The van der Waals surface area contributed by atoms with E-state index in [-0.39, 0.29) is 6.47 Å². The first-order chi connectivity index (χ1) is 14.2. The molecular formula is C25H33NO3. The molecule has 29 heavy (non-hydrogen) atoms. The van der Waals surface area contributed by atoms with Crippen molar-refractivity contribution in [1.82, 2.24) is 4.90 Å². The summed E-state index contributed by atoms with van der Waals surface area (Å²) in [5.74, 6) is 0.973. The normalized spacial score (nSPS) is 21.4. The third kappa shape index (κ3) is 4.42. The van der Waals surface area contributed by atoms with E-state index in [1.807, 2.05) is 6.26 Å². The van der Waals surface area contributed by atoms with Gasteiger partial charge in [-0.15, -0.1) is 0 Å². The van der Waals surface area contributed by atoms with Crippen molar-refractivity contribution in [3.05, 3.63) is 47.9 Å². The Bertz CT molecular complexity index is 784. The van der Waals surface area contributed by atoms with E-state index in [9.17, 15) is 0 Å². The molecule has 0 amide bonds. The maximum Gasteiger partial charge on any atom is 0.290 e. The first kappa shape index (κ1) is 20.2. The van der Waals surface area contributed by atoms with E-state index >= 15 is 0 Å². The van der Waals surface area contributed by atoms with Crippen molar-refractivity contribution in [2.75, 3.05) is 19.6 Å². The summed E-state index contributed by atoms with van der Waals surface area (Å²) < 4.78 is 5.30. The molecule has 156 valence electrons. The summed E-state index contributed by atoms with van der Waals surface area (Å²) in [6, 6.07) is 9.21. The maximum atomic E-state index is 8.36. The van der Waals surface area contributed by atoms with Gasteiger partial charge in [-0.2, -0.15) is 0 Å². The molecule has 5 rings (SSSR count). The fourth-order valence-electron chi connectivity index (χ4n) is 5.82. The van der Waals surface area contributed by atoms with Crippen LogP contribution in [0.2, 0.25) is 0 Å². The Balaban J connectivity index is 0.000000645. The van der Waals surface area contributed by atoms with E-state index in [1.165, 1.54) is 88.5 Å². The Morgan fingerprint density at radius 3 is 2.52 bits per heavy atom. The van der Waals surface area contributed by atoms with Gasteiger partial charge in [-0.05, 0) is 85.7 Å². The molecule has 1 saturated heterocycles. The van der Waals surface area contributed by atoms with Crippen molar-refractivity contribution in [1.29, 1.82) is 0 Å². The number of hydrogen-bond acceptors (Lipinski definition) is 3. The zero-order chi connectivity index (χ0) is 20.1. The summed E-state index contributed by atoms with van der Waals surface area (Å²) in [5.41, 5.74) is 6.22. The summed E-state index contributed by atoms with van der Waals surface area (Å²) in [5, 5.41) is 6.89. The highest BCUT2D eigenvalue weighted by Crippen LogP contribution is 2.47. The van der Waals surface area contributed by atoms with E-state index < -0.39 is 0 Å². The van der Waals surface area contributed by atoms with Crippen LogP contribution in [-0.4, -0.2) is 36.1 Å². The lowest BCUT2D eigenvalue weighted by atomic mass is 9.73. The molecule has 1 N–H and O–H groups in total. The molecule has 2 aliphatic carbocycles. The predicted molar refractivity (Wildman–Crippen MR) is 115 cm³/mol. The van der Waals surface area contributed by atoms with Gasteiger partial charge in [-0.25, -0.2) is 0 Å². The molecule has 1 spiro atoms. The average molecular weight is 396 g/mol. The maximum absolute atomic E-state index is 8.36. The van der Waals surface area contributed by atoms with Crippen LogP contribution < -0.4 is 0 Å². The Morgan fingerprint density at radius 1 is 1.07 bits per heavy atom. The average Bonchev–Trinajstić information content (AvgIpc) is 3.40. The van der Waals surface area contributed by atoms with E-state index in [1.54, 1.807) is 17.4 Å². The Kier molecular flexibility index (Phi) is 6.39. The van der Waals surface area contributed by atoms with Crippen molar-refractivity contribution in [3.8, 4) is 11.1 Å². The van der Waals surface area contributed by atoms with E-state index in [0.717, 1.165) is 5.92 Å². The largest absolute Gasteiger partial charge is 0.483 e. The third-order valence-electron chi connectivity index (χ3n) is 7.46. The standard InChI is InChI=1S/C24H31NO.CH2O2/c1-2-4-19(5-3-1)17-25-13-11-24(12-14-25)10-8-20-6-7-21(16-23(20)24)22-9-15-26-18-22;2-1-3/h6-7,9,15-16,18-19H,1-5,8,10-14,17H2;1H,(H,2,3).